The summed E-state index contributed by atoms with van der Waals surface area (Å²) in [7, 11) is 0. The van der Waals surface area contributed by atoms with Crippen LogP contribution in [0, 0.1) is 11.6 Å². The number of rotatable bonds is 3. The Morgan fingerprint density at radius 3 is 2.13 bits per heavy atom. The van der Waals surface area contributed by atoms with Crippen molar-refractivity contribution in [1.82, 2.24) is 0 Å². The van der Waals surface area contributed by atoms with E-state index in [1.54, 1.807) is 13.8 Å². The molecule has 2 aromatic carbocycles. The standard InChI is InChI=1S/C14H13F3O4.C2H6/c1-6(2)9-5-8(18)3-7-4-10(15)12(16)13(11(7)9)21-14(17,19)20;1-2/h3-6,18-20H,1-2H3;1-2H3. The molecular formula is C16H19F3O4. The molecule has 0 saturated heterocycles. The molecule has 128 valence electrons. The molecule has 7 heteroatoms. The van der Waals surface area contributed by atoms with Crippen molar-refractivity contribution >= 4 is 10.8 Å². The molecule has 3 N–H and O–H groups in total. The first-order valence-electron chi connectivity index (χ1n) is 7.07. The second-order valence-electron chi connectivity index (χ2n) is 4.92. The van der Waals surface area contributed by atoms with Gasteiger partial charge in [-0.2, -0.15) is 4.39 Å². The van der Waals surface area contributed by atoms with Gasteiger partial charge in [0.2, 0.25) is 5.82 Å². The van der Waals surface area contributed by atoms with E-state index in [9.17, 15) is 18.3 Å². The predicted octanol–water partition coefficient (Wildman–Crippen LogP) is 3.92. The lowest BCUT2D eigenvalue weighted by molar-refractivity contribution is -0.375. The summed E-state index contributed by atoms with van der Waals surface area (Å²) >= 11 is 0. The first-order valence-corrected chi connectivity index (χ1v) is 7.07. The summed E-state index contributed by atoms with van der Waals surface area (Å²) in [6, 6.07) is 3.22. The van der Waals surface area contributed by atoms with E-state index in [4.69, 9.17) is 10.2 Å². The van der Waals surface area contributed by atoms with Crippen LogP contribution in [0.5, 0.6) is 11.5 Å². The lowest BCUT2D eigenvalue weighted by Crippen LogP contribution is -2.29. The number of fused-ring (bicyclic) bond motifs is 1. The Morgan fingerprint density at radius 2 is 1.65 bits per heavy atom. The highest BCUT2D eigenvalue weighted by molar-refractivity contribution is 5.93. The summed E-state index contributed by atoms with van der Waals surface area (Å²) in [5.41, 5.74) is 0.336. The summed E-state index contributed by atoms with van der Waals surface area (Å²) < 4.78 is 44.4. The number of phenolic OH excluding ortho intramolecular Hbond substituents is 1. The second-order valence-corrected chi connectivity index (χ2v) is 4.92. The maximum absolute atomic E-state index is 13.9. The van der Waals surface area contributed by atoms with Crippen LogP contribution in [0.1, 0.15) is 39.2 Å². The lowest BCUT2D eigenvalue weighted by Gasteiger charge is -2.19. The largest absolute Gasteiger partial charge is 0.508 e. The zero-order chi connectivity index (χ0) is 17.9. The molecule has 0 heterocycles. The predicted molar refractivity (Wildman–Crippen MR) is 79.9 cm³/mol. The Balaban J connectivity index is 0.00000127. The van der Waals surface area contributed by atoms with Crippen LogP contribution in [0.4, 0.5) is 13.2 Å². The molecule has 0 aromatic heterocycles. The number of ether oxygens (including phenoxy) is 1. The smallest absolute Gasteiger partial charge is 0.492 e. The lowest BCUT2D eigenvalue weighted by atomic mass is 9.94. The van der Waals surface area contributed by atoms with Crippen molar-refractivity contribution in [2.45, 2.75) is 39.8 Å². The Morgan fingerprint density at radius 1 is 1.09 bits per heavy atom. The molecule has 0 radical (unpaired) electrons. The number of hydrogen-bond acceptors (Lipinski definition) is 4. The van der Waals surface area contributed by atoms with Crippen molar-refractivity contribution in [1.29, 1.82) is 0 Å². The number of hydrogen-bond donors (Lipinski definition) is 3. The van der Waals surface area contributed by atoms with Gasteiger partial charge < -0.3 is 20.1 Å². The zero-order valence-electron chi connectivity index (χ0n) is 13.2. The van der Waals surface area contributed by atoms with Crippen LogP contribution in [-0.4, -0.2) is 21.5 Å². The molecule has 2 aromatic rings. The van der Waals surface area contributed by atoms with Gasteiger partial charge in [-0.3, -0.25) is 0 Å². The number of alkyl halides is 1. The minimum absolute atomic E-state index is 0.0388. The molecule has 4 nitrogen and oxygen atoms in total. The van der Waals surface area contributed by atoms with E-state index in [1.807, 2.05) is 13.8 Å². The Hall–Kier alpha value is -1.99. The van der Waals surface area contributed by atoms with Crippen molar-refractivity contribution < 1.29 is 33.2 Å². The molecule has 0 aliphatic heterocycles. The van der Waals surface area contributed by atoms with Crippen molar-refractivity contribution in [3.63, 3.8) is 0 Å². The van der Waals surface area contributed by atoms with Gasteiger partial charge in [0, 0.05) is 5.39 Å². The second kappa shape index (κ2) is 7.06. The fraction of sp³-hybridized carbons (Fsp3) is 0.375. The van der Waals surface area contributed by atoms with Crippen LogP contribution in [-0.2, 0) is 0 Å². The molecule has 0 aliphatic carbocycles. The third-order valence-electron chi connectivity index (χ3n) is 2.96. The fourth-order valence-corrected chi connectivity index (χ4v) is 2.15. The van der Waals surface area contributed by atoms with Gasteiger partial charge in [-0.1, -0.05) is 27.7 Å². The van der Waals surface area contributed by atoms with E-state index in [1.165, 1.54) is 6.07 Å². The van der Waals surface area contributed by atoms with Crippen LogP contribution in [0.3, 0.4) is 0 Å². The molecule has 0 fully saturated rings. The zero-order valence-corrected chi connectivity index (χ0v) is 13.2. The maximum Gasteiger partial charge on any atom is 0.492 e. The molecule has 0 amide bonds. The first kappa shape index (κ1) is 19.1. The number of aliphatic hydroxyl groups is 2. The number of phenols is 1. The maximum atomic E-state index is 13.9. The van der Waals surface area contributed by atoms with Gasteiger partial charge in [0.25, 0.3) is 0 Å². The average molecular weight is 332 g/mol. The van der Waals surface area contributed by atoms with Crippen molar-refractivity contribution in [2.24, 2.45) is 0 Å². The fourth-order valence-electron chi connectivity index (χ4n) is 2.15. The summed E-state index contributed by atoms with van der Waals surface area (Å²) in [4.78, 5) is 0. The third kappa shape index (κ3) is 4.27. The van der Waals surface area contributed by atoms with Crippen molar-refractivity contribution in [3.05, 3.63) is 35.4 Å². The first-order chi connectivity index (χ1) is 10.6. The highest BCUT2D eigenvalue weighted by Crippen LogP contribution is 2.39. The topological polar surface area (TPSA) is 69.9 Å². The van der Waals surface area contributed by atoms with Gasteiger partial charge in [0.15, 0.2) is 11.6 Å². The van der Waals surface area contributed by atoms with E-state index in [0.717, 1.165) is 12.1 Å². The van der Waals surface area contributed by atoms with Gasteiger partial charge >= 0.3 is 6.23 Å². The van der Waals surface area contributed by atoms with E-state index in [-0.39, 0.29) is 22.4 Å². The summed E-state index contributed by atoms with van der Waals surface area (Å²) in [6.07, 6.45) is -4.16. The number of benzene rings is 2. The van der Waals surface area contributed by atoms with Crippen molar-refractivity contribution in [2.75, 3.05) is 0 Å². The molecule has 0 bridgehead atoms. The van der Waals surface area contributed by atoms with Gasteiger partial charge in [-0.25, -0.2) is 4.39 Å². The molecule has 2 rings (SSSR count). The summed E-state index contributed by atoms with van der Waals surface area (Å²) in [6.45, 7) is 7.42. The van der Waals surface area contributed by atoms with Gasteiger partial charge in [-0.15, -0.1) is 4.39 Å². The molecule has 0 aliphatic rings. The van der Waals surface area contributed by atoms with Crippen molar-refractivity contribution in [3.8, 4) is 11.5 Å². The molecule has 0 atom stereocenters. The molecular weight excluding hydrogens is 313 g/mol. The Bertz CT molecular complexity index is 694. The molecule has 0 saturated carbocycles. The summed E-state index contributed by atoms with van der Waals surface area (Å²) in [5, 5.41) is 26.9. The normalized spacial score (nSPS) is 11.4. The Kier molecular flexibility index (Phi) is 5.85. The highest BCUT2D eigenvalue weighted by Gasteiger charge is 2.30. The Labute approximate surface area is 131 Å². The molecule has 23 heavy (non-hydrogen) atoms. The van der Waals surface area contributed by atoms with Gasteiger partial charge in [-0.05, 0) is 35.1 Å². The van der Waals surface area contributed by atoms with E-state index in [2.05, 4.69) is 4.74 Å². The minimum atomic E-state index is -4.16. The monoisotopic (exact) mass is 332 g/mol. The van der Waals surface area contributed by atoms with Crippen LogP contribution in [0.2, 0.25) is 0 Å². The quantitative estimate of drug-likeness (QED) is 0.745. The van der Waals surface area contributed by atoms with Crippen LogP contribution in [0.25, 0.3) is 10.8 Å². The van der Waals surface area contributed by atoms with E-state index in [0.29, 0.717) is 5.56 Å². The van der Waals surface area contributed by atoms with E-state index < -0.39 is 23.6 Å². The van der Waals surface area contributed by atoms with Gasteiger partial charge in [0.05, 0.1) is 0 Å². The molecule has 0 spiro atoms. The third-order valence-corrected chi connectivity index (χ3v) is 2.96. The average Bonchev–Trinajstić information content (AvgIpc) is 2.43. The SMILES string of the molecule is CC.CC(C)c1cc(O)cc2cc(F)c(F)c(OC(O)(O)F)c12. The van der Waals surface area contributed by atoms with Crippen LogP contribution < -0.4 is 4.74 Å². The highest BCUT2D eigenvalue weighted by atomic mass is 19.2. The number of halogens is 3. The van der Waals surface area contributed by atoms with Crippen LogP contribution >= 0.6 is 0 Å². The molecule has 0 unspecified atom stereocenters. The minimum Gasteiger partial charge on any atom is -0.508 e. The van der Waals surface area contributed by atoms with Gasteiger partial charge in [0.1, 0.15) is 5.75 Å². The van der Waals surface area contributed by atoms with E-state index >= 15 is 0 Å². The van der Waals surface area contributed by atoms with Crippen LogP contribution in [0.15, 0.2) is 18.2 Å². The summed E-state index contributed by atoms with van der Waals surface area (Å²) in [5.74, 6) is -4.34. The number of aromatic hydroxyl groups is 1.